The van der Waals surface area contributed by atoms with E-state index in [1.54, 1.807) is 7.05 Å². The van der Waals surface area contributed by atoms with Crippen molar-refractivity contribution >= 4 is 15.9 Å². The smallest absolute Gasteiger partial charge is 0.267 e. The molecule has 0 aliphatic heterocycles. The number of nitrogens with zero attached hydrogens (tertiary/aromatic N) is 1. The molecule has 108 valence electrons. The molecule has 1 heterocycles. The van der Waals surface area contributed by atoms with Crippen LogP contribution in [0.4, 0.5) is 0 Å². The quantitative estimate of drug-likeness (QED) is 0.658. The van der Waals surface area contributed by atoms with Crippen LogP contribution in [0.2, 0.25) is 0 Å². The number of hydrogen-bond acceptors (Lipinski definition) is 4. The van der Waals surface area contributed by atoms with Crippen molar-refractivity contribution in [1.29, 1.82) is 0 Å². The Morgan fingerprint density at radius 2 is 2.21 bits per heavy atom. The molecule has 0 aliphatic carbocycles. The van der Waals surface area contributed by atoms with E-state index >= 15 is 0 Å². The number of rotatable bonds is 6. The number of aliphatic hydroxyl groups is 1. The zero-order chi connectivity index (χ0) is 14.6. The molecule has 1 aromatic heterocycles. The molecule has 0 radical (unpaired) electrons. The highest BCUT2D eigenvalue weighted by atomic mass is 32.2. The van der Waals surface area contributed by atoms with Gasteiger partial charge >= 0.3 is 0 Å². The Hall–Kier alpha value is -1.38. The van der Waals surface area contributed by atoms with E-state index in [1.807, 2.05) is 6.92 Å². The topological polar surface area (TPSA) is 114 Å². The van der Waals surface area contributed by atoms with Crippen LogP contribution >= 0.6 is 0 Å². The highest BCUT2D eigenvalue weighted by Gasteiger charge is 2.17. The Balaban J connectivity index is 2.70. The third kappa shape index (κ3) is 4.34. The van der Waals surface area contributed by atoms with Crippen molar-refractivity contribution < 1.29 is 18.3 Å². The second-order valence-corrected chi connectivity index (χ2v) is 5.89. The molecule has 8 heteroatoms. The van der Waals surface area contributed by atoms with Gasteiger partial charge in [-0.05, 0) is 18.9 Å². The summed E-state index contributed by atoms with van der Waals surface area (Å²) in [6.45, 7) is 2.17. The molecule has 1 rings (SSSR count). The van der Waals surface area contributed by atoms with Crippen LogP contribution in [0.1, 0.15) is 30.3 Å². The number of aromatic nitrogens is 1. The lowest BCUT2D eigenvalue weighted by molar-refractivity contribution is 0.0934. The average Bonchev–Trinajstić information content (AvgIpc) is 2.70. The lowest BCUT2D eigenvalue weighted by Gasteiger charge is -2.09. The van der Waals surface area contributed by atoms with Gasteiger partial charge in [-0.25, -0.2) is 13.6 Å². The maximum absolute atomic E-state index is 11.8. The van der Waals surface area contributed by atoms with Gasteiger partial charge in [0, 0.05) is 19.8 Å². The zero-order valence-corrected chi connectivity index (χ0v) is 11.8. The van der Waals surface area contributed by atoms with Gasteiger partial charge in [0.15, 0.2) is 0 Å². The average molecular weight is 289 g/mol. The predicted molar refractivity (Wildman–Crippen MR) is 70.0 cm³/mol. The fourth-order valence-corrected chi connectivity index (χ4v) is 2.14. The Kier molecular flexibility index (Phi) is 5.10. The van der Waals surface area contributed by atoms with Gasteiger partial charge in [0.2, 0.25) is 10.0 Å². The first-order chi connectivity index (χ1) is 8.75. The Morgan fingerprint density at radius 1 is 1.58 bits per heavy atom. The molecule has 0 saturated carbocycles. The Bertz CT molecular complexity index is 550. The van der Waals surface area contributed by atoms with Crippen molar-refractivity contribution in [2.24, 2.45) is 12.2 Å². The minimum absolute atomic E-state index is 0.103. The van der Waals surface area contributed by atoms with E-state index in [4.69, 9.17) is 5.14 Å². The predicted octanol–water partition coefficient (Wildman–Crippen LogP) is -0.437. The van der Waals surface area contributed by atoms with Crippen LogP contribution in [0.3, 0.4) is 0 Å². The van der Waals surface area contributed by atoms with Gasteiger partial charge in [0.05, 0.1) is 6.10 Å². The number of nitrogens with two attached hydrogens (primary N) is 1. The van der Waals surface area contributed by atoms with Crippen LogP contribution in [-0.4, -0.2) is 36.6 Å². The van der Waals surface area contributed by atoms with Crippen molar-refractivity contribution in [3.05, 3.63) is 18.0 Å². The molecule has 19 heavy (non-hydrogen) atoms. The molecule has 1 unspecified atom stereocenters. The molecule has 1 amide bonds. The van der Waals surface area contributed by atoms with Crippen molar-refractivity contribution in [2.75, 3.05) is 6.54 Å². The zero-order valence-electron chi connectivity index (χ0n) is 11.0. The molecule has 0 aliphatic rings. The van der Waals surface area contributed by atoms with Gasteiger partial charge in [-0.1, -0.05) is 6.92 Å². The normalized spacial score (nSPS) is 13.3. The van der Waals surface area contributed by atoms with E-state index in [1.165, 1.54) is 16.8 Å². The van der Waals surface area contributed by atoms with Crippen LogP contribution in [0, 0.1) is 0 Å². The van der Waals surface area contributed by atoms with Crippen molar-refractivity contribution in [3.63, 3.8) is 0 Å². The summed E-state index contributed by atoms with van der Waals surface area (Å²) in [6, 6.07) is 1.22. The summed E-state index contributed by atoms with van der Waals surface area (Å²) in [7, 11) is -2.26. The Morgan fingerprint density at radius 3 is 2.68 bits per heavy atom. The fourth-order valence-electron chi connectivity index (χ4n) is 1.56. The number of sulfonamides is 1. The Labute approximate surface area is 112 Å². The van der Waals surface area contributed by atoms with Gasteiger partial charge in [0.1, 0.15) is 10.6 Å². The van der Waals surface area contributed by atoms with E-state index < -0.39 is 22.0 Å². The largest absolute Gasteiger partial charge is 0.393 e. The SMILES string of the molecule is CCC(O)CCNC(=O)c1cc(S(N)(=O)=O)cn1C. The lowest BCUT2D eigenvalue weighted by atomic mass is 10.2. The monoisotopic (exact) mass is 289 g/mol. The first-order valence-electron chi connectivity index (χ1n) is 5.91. The van der Waals surface area contributed by atoms with Crippen LogP contribution in [0.25, 0.3) is 0 Å². The number of carbonyl (C=O) groups is 1. The van der Waals surface area contributed by atoms with E-state index in [0.717, 1.165) is 0 Å². The van der Waals surface area contributed by atoms with E-state index in [0.29, 0.717) is 19.4 Å². The number of amides is 1. The van der Waals surface area contributed by atoms with Crippen molar-refractivity contribution in [1.82, 2.24) is 9.88 Å². The van der Waals surface area contributed by atoms with Crippen LogP contribution < -0.4 is 10.5 Å². The second kappa shape index (κ2) is 6.18. The molecule has 0 aromatic carbocycles. The standard InChI is InChI=1S/C11H19N3O4S/c1-3-8(15)4-5-13-11(16)10-6-9(7-14(10)2)19(12,17)18/h6-8,15H,3-5H2,1-2H3,(H,13,16)(H2,12,17,18). The minimum Gasteiger partial charge on any atom is -0.393 e. The molecule has 0 saturated heterocycles. The molecule has 0 bridgehead atoms. The molecule has 0 fully saturated rings. The molecule has 1 aromatic rings. The minimum atomic E-state index is -3.82. The van der Waals surface area contributed by atoms with E-state index in [-0.39, 0.29) is 10.6 Å². The lowest BCUT2D eigenvalue weighted by Crippen LogP contribution is -2.28. The summed E-state index contributed by atoms with van der Waals surface area (Å²) >= 11 is 0. The molecule has 1 atom stereocenters. The molecule has 4 N–H and O–H groups in total. The fraction of sp³-hybridized carbons (Fsp3) is 0.545. The summed E-state index contributed by atoms with van der Waals surface area (Å²) in [5.74, 6) is -0.402. The van der Waals surface area contributed by atoms with Crippen LogP contribution in [0.15, 0.2) is 17.2 Å². The highest BCUT2D eigenvalue weighted by molar-refractivity contribution is 7.89. The third-order valence-electron chi connectivity index (χ3n) is 2.78. The third-order valence-corrected chi connectivity index (χ3v) is 3.66. The van der Waals surface area contributed by atoms with Crippen molar-refractivity contribution in [3.8, 4) is 0 Å². The first kappa shape index (κ1) is 15.7. The molecular weight excluding hydrogens is 270 g/mol. The summed E-state index contributed by atoms with van der Waals surface area (Å²) < 4.78 is 23.7. The highest BCUT2D eigenvalue weighted by Crippen LogP contribution is 2.11. The summed E-state index contributed by atoms with van der Waals surface area (Å²) in [5, 5.41) is 17.0. The van der Waals surface area contributed by atoms with Gasteiger partial charge in [0.25, 0.3) is 5.91 Å². The maximum Gasteiger partial charge on any atom is 0.267 e. The first-order valence-corrected chi connectivity index (χ1v) is 7.45. The number of hydrogen-bond donors (Lipinski definition) is 3. The number of aliphatic hydroxyl groups excluding tert-OH is 1. The number of carbonyl (C=O) groups excluding carboxylic acids is 1. The number of aryl methyl sites for hydroxylation is 1. The number of primary sulfonamides is 1. The van der Waals surface area contributed by atoms with Gasteiger partial charge in [-0.3, -0.25) is 4.79 Å². The van der Waals surface area contributed by atoms with Crippen LogP contribution in [0.5, 0.6) is 0 Å². The van der Waals surface area contributed by atoms with E-state index in [2.05, 4.69) is 5.32 Å². The second-order valence-electron chi connectivity index (χ2n) is 4.32. The van der Waals surface area contributed by atoms with Crippen LogP contribution in [-0.2, 0) is 17.1 Å². The van der Waals surface area contributed by atoms with Gasteiger partial charge in [-0.2, -0.15) is 0 Å². The van der Waals surface area contributed by atoms with Gasteiger partial charge < -0.3 is 15.0 Å². The summed E-state index contributed by atoms with van der Waals surface area (Å²) in [5.41, 5.74) is 0.204. The van der Waals surface area contributed by atoms with Gasteiger partial charge in [-0.15, -0.1) is 0 Å². The molecular formula is C11H19N3O4S. The van der Waals surface area contributed by atoms with E-state index in [9.17, 15) is 18.3 Å². The summed E-state index contributed by atoms with van der Waals surface area (Å²) in [4.78, 5) is 11.7. The molecule has 7 nitrogen and oxygen atoms in total. The summed E-state index contributed by atoms with van der Waals surface area (Å²) in [6.07, 6.45) is 1.91. The number of nitrogens with one attached hydrogen (secondary N) is 1. The van der Waals surface area contributed by atoms with Crippen molar-refractivity contribution in [2.45, 2.75) is 30.8 Å². The maximum atomic E-state index is 11.8. The molecule has 0 spiro atoms.